The Morgan fingerprint density at radius 1 is 1.90 bits per heavy atom. The van der Waals surface area contributed by atoms with Crippen LogP contribution in [0.4, 0.5) is 0 Å². The molecule has 0 aliphatic heterocycles. The third-order valence-corrected chi connectivity index (χ3v) is 2.23. The van der Waals surface area contributed by atoms with E-state index >= 15 is 0 Å². The SMILES string of the molecule is [C-]#[N+]/C(C#N)=C(\CS)SC. The minimum atomic E-state index is 0.155. The molecular weight excluding hydrogens is 164 g/mol. The summed E-state index contributed by atoms with van der Waals surface area (Å²) in [6, 6.07) is 1.81. The van der Waals surface area contributed by atoms with E-state index in [1.807, 2.05) is 12.3 Å². The lowest BCUT2D eigenvalue weighted by Crippen LogP contribution is -1.81. The van der Waals surface area contributed by atoms with Crippen molar-refractivity contribution in [3.05, 3.63) is 22.0 Å². The monoisotopic (exact) mass is 170 g/mol. The Morgan fingerprint density at radius 2 is 2.50 bits per heavy atom. The quantitative estimate of drug-likeness (QED) is 0.389. The van der Waals surface area contributed by atoms with E-state index in [2.05, 4.69) is 17.5 Å². The lowest BCUT2D eigenvalue weighted by molar-refractivity contribution is 1.48. The predicted octanol–water partition coefficient (Wildman–Crippen LogP) is 1.93. The standard InChI is InChI=1S/C6H6N2S2/c1-8-5(3-7)6(4-9)10-2/h9H,4H2,2H3/b6-5+. The molecule has 0 amide bonds. The molecule has 0 aromatic carbocycles. The minimum Gasteiger partial charge on any atom is -0.226 e. The third kappa shape index (κ3) is 2.34. The Morgan fingerprint density at radius 3 is 2.60 bits per heavy atom. The second kappa shape index (κ2) is 5.22. The highest BCUT2D eigenvalue weighted by Crippen LogP contribution is 2.18. The third-order valence-electron chi connectivity index (χ3n) is 0.872. The van der Waals surface area contributed by atoms with E-state index in [0.29, 0.717) is 5.75 Å². The first-order valence-corrected chi connectivity index (χ1v) is 4.31. The van der Waals surface area contributed by atoms with Crippen LogP contribution in [0.3, 0.4) is 0 Å². The molecular formula is C6H6N2S2. The van der Waals surface area contributed by atoms with Crippen molar-refractivity contribution >= 4 is 24.4 Å². The number of rotatable bonds is 2. The highest BCUT2D eigenvalue weighted by molar-refractivity contribution is 8.03. The summed E-state index contributed by atoms with van der Waals surface area (Å²) in [7, 11) is 0. The van der Waals surface area contributed by atoms with Crippen molar-refractivity contribution < 1.29 is 0 Å². The molecule has 0 aliphatic carbocycles. The van der Waals surface area contributed by atoms with Gasteiger partial charge in [-0.15, -0.1) is 11.8 Å². The fourth-order valence-electron chi connectivity index (χ4n) is 0.386. The van der Waals surface area contributed by atoms with E-state index in [0.717, 1.165) is 4.91 Å². The molecule has 2 nitrogen and oxygen atoms in total. The molecule has 52 valence electrons. The molecule has 0 saturated carbocycles. The van der Waals surface area contributed by atoms with Gasteiger partial charge < -0.3 is 0 Å². The Hall–Kier alpha value is -0.580. The summed E-state index contributed by atoms with van der Waals surface area (Å²) in [4.78, 5) is 3.78. The van der Waals surface area contributed by atoms with Crippen LogP contribution in [0.5, 0.6) is 0 Å². The first-order valence-electron chi connectivity index (χ1n) is 2.45. The largest absolute Gasteiger partial charge is 0.272 e. The molecule has 10 heavy (non-hydrogen) atoms. The number of hydrogen-bond donors (Lipinski definition) is 1. The second-order valence-electron chi connectivity index (χ2n) is 1.36. The topological polar surface area (TPSA) is 28.1 Å². The first-order chi connectivity index (χ1) is 4.79. The molecule has 0 aromatic rings. The molecule has 0 radical (unpaired) electrons. The minimum absolute atomic E-state index is 0.155. The van der Waals surface area contributed by atoms with Crippen molar-refractivity contribution in [2.24, 2.45) is 0 Å². The summed E-state index contributed by atoms with van der Waals surface area (Å²) in [5.74, 6) is 0.465. The van der Waals surface area contributed by atoms with Crippen molar-refractivity contribution in [1.29, 1.82) is 5.26 Å². The number of nitriles is 1. The van der Waals surface area contributed by atoms with Crippen LogP contribution < -0.4 is 0 Å². The van der Waals surface area contributed by atoms with E-state index in [1.165, 1.54) is 11.8 Å². The Labute approximate surface area is 70.1 Å². The molecule has 0 rings (SSSR count). The van der Waals surface area contributed by atoms with Crippen molar-refractivity contribution in [1.82, 2.24) is 0 Å². The zero-order chi connectivity index (χ0) is 7.98. The van der Waals surface area contributed by atoms with Gasteiger partial charge in [0.2, 0.25) is 0 Å². The lowest BCUT2D eigenvalue weighted by atomic mass is 10.4. The first kappa shape index (κ1) is 9.42. The number of thiol groups is 1. The van der Waals surface area contributed by atoms with E-state index in [9.17, 15) is 0 Å². The van der Waals surface area contributed by atoms with Crippen molar-refractivity contribution in [2.45, 2.75) is 0 Å². The smallest absolute Gasteiger partial charge is 0.226 e. The van der Waals surface area contributed by atoms with Crippen LogP contribution in [0, 0.1) is 17.9 Å². The zero-order valence-corrected chi connectivity index (χ0v) is 7.17. The Kier molecular flexibility index (Phi) is 4.92. The molecule has 0 atom stereocenters. The van der Waals surface area contributed by atoms with E-state index in [-0.39, 0.29) is 5.70 Å². The van der Waals surface area contributed by atoms with Gasteiger partial charge in [0.1, 0.15) is 0 Å². The molecule has 0 fully saturated rings. The summed E-state index contributed by atoms with van der Waals surface area (Å²) >= 11 is 5.36. The van der Waals surface area contributed by atoms with Crippen molar-refractivity contribution in [3.63, 3.8) is 0 Å². The van der Waals surface area contributed by atoms with Crippen molar-refractivity contribution in [2.75, 3.05) is 12.0 Å². The average Bonchev–Trinajstić information content (AvgIpc) is 2.00. The molecule has 4 heteroatoms. The number of nitrogens with zero attached hydrogens (tertiary/aromatic N) is 2. The normalized spacial score (nSPS) is 11.2. The maximum Gasteiger partial charge on any atom is 0.272 e. The van der Waals surface area contributed by atoms with E-state index in [4.69, 9.17) is 11.8 Å². The lowest BCUT2D eigenvalue weighted by Gasteiger charge is -1.95. The highest BCUT2D eigenvalue weighted by atomic mass is 32.2. The van der Waals surface area contributed by atoms with Gasteiger partial charge in [-0.05, 0) is 6.26 Å². The van der Waals surface area contributed by atoms with Crippen LogP contribution in [-0.4, -0.2) is 12.0 Å². The molecule has 0 N–H and O–H groups in total. The summed E-state index contributed by atoms with van der Waals surface area (Å²) in [6.07, 6.45) is 1.83. The highest BCUT2D eigenvalue weighted by Gasteiger charge is 2.01. The molecule has 0 bridgehead atoms. The number of thioether (sulfide) groups is 1. The van der Waals surface area contributed by atoms with Crippen LogP contribution in [0.25, 0.3) is 4.85 Å². The van der Waals surface area contributed by atoms with E-state index < -0.39 is 0 Å². The van der Waals surface area contributed by atoms with E-state index in [1.54, 1.807) is 0 Å². The van der Waals surface area contributed by atoms with Gasteiger partial charge in [-0.3, -0.25) is 0 Å². The van der Waals surface area contributed by atoms with Crippen LogP contribution in [0.1, 0.15) is 0 Å². The van der Waals surface area contributed by atoms with Gasteiger partial charge in [0.15, 0.2) is 0 Å². The molecule has 0 unspecified atom stereocenters. The van der Waals surface area contributed by atoms with Gasteiger partial charge >= 0.3 is 0 Å². The fourth-order valence-corrected chi connectivity index (χ4v) is 1.34. The summed E-state index contributed by atoms with van der Waals surface area (Å²) < 4.78 is 0. The maximum absolute atomic E-state index is 8.39. The van der Waals surface area contributed by atoms with Crippen molar-refractivity contribution in [3.8, 4) is 6.07 Å². The van der Waals surface area contributed by atoms with Gasteiger partial charge in [-0.1, -0.05) is 0 Å². The Balaban J connectivity index is 4.62. The molecule has 0 saturated heterocycles. The predicted molar refractivity (Wildman–Crippen MR) is 46.6 cm³/mol. The van der Waals surface area contributed by atoms with Crippen LogP contribution in [-0.2, 0) is 0 Å². The molecule has 0 heterocycles. The number of allylic oxidation sites excluding steroid dienone is 1. The zero-order valence-electron chi connectivity index (χ0n) is 5.46. The molecule has 0 aliphatic rings. The average molecular weight is 170 g/mol. The maximum atomic E-state index is 8.39. The van der Waals surface area contributed by atoms with Crippen LogP contribution >= 0.6 is 24.4 Å². The van der Waals surface area contributed by atoms with Gasteiger partial charge in [0.25, 0.3) is 5.70 Å². The van der Waals surface area contributed by atoms with Gasteiger partial charge in [0.05, 0.1) is 12.6 Å². The summed E-state index contributed by atoms with van der Waals surface area (Å²) in [5, 5.41) is 8.39. The summed E-state index contributed by atoms with van der Waals surface area (Å²) in [5.41, 5.74) is 0.155. The number of hydrogen-bond acceptors (Lipinski definition) is 3. The summed E-state index contributed by atoms with van der Waals surface area (Å²) in [6.45, 7) is 6.59. The van der Waals surface area contributed by atoms with Crippen LogP contribution in [0.15, 0.2) is 10.6 Å². The molecule has 0 spiro atoms. The van der Waals surface area contributed by atoms with Crippen LogP contribution in [0.2, 0.25) is 0 Å². The van der Waals surface area contributed by atoms with Gasteiger partial charge in [-0.2, -0.15) is 12.6 Å². The Bertz CT molecular complexity index is 197. The van der Waals surface area contributed by atoms with Gasteiger partial charge in [-0.25, -0.2) is 10.1 Å². The van der Waals surface area contributed by atoms with Gasteiger partial charge in [0, 0.05) is 10.7 Å². The molecule has 0 aromatic heterocycles. The second-order valence-corrected chi connectivity index (χ2v) is 2.57. The fraction of sp³-hybridized carbons (Fsp3) is 0.333.